The van der Waals surface area contributed by atoms with E-state index in [0.717, 1.165) is 29.7 Å². The van der Waals surface area contributed by atoms with Crippen LogP contribution in [0.4, 0.5) is 9.18 Å². The third-order valence-electron chi connectivity index (χ3n) is 5.23. The number of piperidine rings is 1. The van der Waals surface area contributed by atoms with Gasteiger partial charge in [0.2, 0.25) is 0 Å². The molecule has 4 rings (SSSR count). The molecule has 3 heterocycles. The summed E-state index contributed by atoms with van der Waals surface area (Å²) >= 11 is 0. The van der Waals surface area contributed by atoms with Crippen molar-refractivity contribution in [1.82, 2.24) is 14.5 Å². The van der Waals surface area contributed by atoms with Crippen LogP contribution in [0.25, 0.3) is 11.3 Å². The van der Waals surface area contributed by atoms with E-state index in [1.165, 1.54) is 6.07 Å². The Morgan fingerprint density at radius 3 is 2.69 bits per heavy atom. The Hall–Kier alpha value is -2.37. The number of amides is 1. The lowest BCUT2D eigenvalue weighted by atomic mass is 9.85. The Bertz CT molecular complexity index is 832. The molecule has 0 spiro atoms. The summed E-state index contributed by atoms with van der Waals surface area (Å²) in [4.78, 5) is 18.3. The van der Waals surface area contributed by atoms with E-state index in [2.05, 4.69) is 9.55 Å². The second-order valence-electron chi connectivity index (χ2n) is 8.14. The van der Waals surface area contributed by atoms with Crippen LogP contribution in [-0.4, -0.2) is 39.2 Å². The summed E-state index contributed by atoms with van der Waals surface area (Å²) in [5.74, 6) is 0.102. The zero-order valence-electron chi connectivity index (χ0n) is 15.4. The first-order valence-corrected chi connectivity index (χ1v) is 9.14. The Morgan fingerprint density at radius 2 is 2.00 bits per heavy atom. The Kier molecular flexibility index (Phi) is 4.01. The van der Waals surface area contributed by atoms with Crippen molar-refractivity contribution in [2.75, 3.05) is 13.1 Å². The first kappa shape index (κ1) is 17.1. The van der Waals surface area contributed by atoms with Gasteiger partial charge in [-0.25, -0.2) is 14.2 Å². The molecule has 1 saturated heterocycles. The fourth-order valence-corrected chi connectivity index (χ4v) is 4.12. The van der Waals surface area contributed by atoms with Gasteiger partial charge in [-0.15, -0.1) is 0 Å². The summed E-state index contributed by atoms with van der Waals surface area (Å²) in [6, 6.07) is 5.19. The highest BCUT2D eigenvalue weighted by atomic mass is 19.1. The molecule has 1 aromatic carbocycles. The van der Waals surface area contributed by atoms with Gasteiger partial charge in [0.05, 0.1) is 24.3 Å². The molecule has 138 valence electrons. The predicted molar refractivity (Wildman–Crippen MR) is 96.3 cm³/mol. The minimum absolute atomic E-state index is 0.0514. The van der Waals surface area contributed by atoms with Gasteiger partial charge < -0.3 is 14.2 Å². The van der Waals surface area contributed by atoms with Gasteiger partial charge in [-0.3, -0.25) is 0 Å². The number of carbonyl (C=O) groups excluding carboxylic acids is 1. The molecule has 0 saturated carbocycles. The van der Waals surface area contributed by atoms with Crippen LogP contribution in [0, 0.1) is 11.7 Å². The number of rotatable bonds is 1. The molecule has 2 aromatic rings. The maximum absolute atomic E-state index is 14.6. The van der Waals surface area contributed by atoms with E-state index in [9.17, 15) is 9.18 Å². The molecule has 1 amide bonds. The zero-order valence-corrected chi connectivity index (χ0v) is 15.4. The summed E-state index contributed by atoms with van der Waals surface area (Å²) in [6.45, 7) is 6.87. The maximum Gasteiger partial charge on any atom is 0.410 e. The summed E-state index contributed by atoms with van der Waals surface area (Å²) in [5, 5.41) is 0. The van der Waals surface area contributed by atoms with Crippen molar-refractivity contribution in [2.24, 2.45) is 5.92 Å². The number of hydrogen-bond acceptors (Lipinski definition) is 3. The highest BCUT2D eigenvalue weighted by Gasteiger charge is 2.38. The van der Waals surface area contributed by atoms with Crippen LogP contribution in [0.15, 0.2) is 30.7 Å². The number of aromatic nitrogens is 2. The van der Waals surface area contributed by atoms with Gasteiger partial charge in [0.15, 0.2) is 0 Å². The molecule has 5 nitrogen and oxygen atoms in total. The number of fused-ring (bicyclic) bond motifs is 3. The number of hydrogen-bond donors (Lipinski definition) is 0. The number of likely N-dealkylation sites (tertiary alicyclic amines) is 1. The van der Waals surface area contributed by atoms with E-state index in [4.69, 9.17) is 4.74 Å². The van der Waals surface area contributed by atoms with Gasteiger partial charge in [-0.05, 0) is 45.6 Å². The van der Waals surface area contributed by atoms with Gasteiger partial charge in [0.1, 0.15) is 11.4 Å². The number of nitrogens with zero attached hydrogens (tertiary/aromatic N) is 3. The highest BCUT2D eigenvalue weighted by molar-refractivity contribution is 5.70. The molecular formula is C20H24FN3O2. The van der Waals surface area contributed by atoms with Gasteiger partial charge in [0, 0.05) is 24.2 Å². The van der Waals surface area contributed by atoms with Crippen molar-refractivity contribution < 1.29 is 13.9 Å². The monoisotopic (exact) mass is 357 g/mol. The average molecular weight is 357 g/mol. The maximum atomic E-state index is 14.6. The van der Waals surface area contributed by atoms with Crippen molar-refractivity contribution in [2.45, 2.75) is 45.3 Å². The lowest BCUT2D eigenvalue weighted by Crippen LogP contribution is -2.43. The van der Waals surface area contributed by atoms with E-state index in [1.807, 2.05) is 26.8 Å². The average Bonchev–Trinajstić information content (AvgIpc) is 3.15. The van der Waals surface area contributed by atoms with Gasteiger partial charge in [-0.1, -0.05) is 12.1 Å². The Morgan fingerprint density at radius 1 is 1.27 bits per heavy atom. The Labute approximate surface area is 152 Å². The zero-order chi connectivity index (χ0) is 18.5. The molecule has 1 aromatic heterocycles. The first-order valence-electron chi connectivity index (χ1n) is 9.14. The van der Waals surface area contributed by atoms with E-state index < -0.39 is 5.60 Å². The van der Waals surface area contributed by atoms with Crippen LogP contribution in [0.2, 0.25) is 0 Å². The van der Waals surface area contributed by atoms with Crippen LogP contribution in [0.5, 0.6) is 0 Å². The van der Waals surface area contributed by atoms with Gasteiger partial charge in [0.25, 0.3) is 0 Å². The second kappa shape index (κ2) is 6.11. The van der Waals surface area contributed by atoms with Crippen molar-refractivity contribution in [3.8, 4) is 11.3 Å². The highest BCUT2D eigenvalue weighted by Crippen LogP contribution is 2.46. The minimum atomic E-state index is -0.493. The molecule has 0 aliphatic carbocycles. The van der Waals surface area contributed by atoms with Crippen molar-refractivity contribution in [3.05, 3.63) is 42.1 Å². The molecule has 0 bridgehead atoms. The topological polar surface area (TPSA) is 47.4 Å². The summed E-state index contributed by atoms with van der Waals surface area (Å²) in [7, 11) is 0. The standard InChI is InChI=1S/C20H24FN3O2/c1-20(2,3)26-19(25)23-9-7-13(8-10-23)18-17-14(5-4-6-15(17)21)16-11-22-12-24(16)18/h4-6,11-13,18H,7-10H2,1-3H3. The fraction of sp³-hybridized carbons (Fsp3) is 0.500. The molecule has 6 heteroatoms. The number of benzene rings is 1. The van der Waals surface area contributed by atoms with Crippen molar-refractivity contribution in [3.63, 3.8) is 0 Å². The van der Waals surface area contributed by atoms with Crippen molar-refractivity contribution in [1.29, 1.82) is 0 Å². The number of imidazole rings is 1. The van der Waals surface area contributed by atoms with Gasteiger partial charge >= 0.3 is 6.09 Å². The molecule has 0 radical (unpaired) electrons. The lowest BCUT2D eigenvalue weighted by molar-refractivity contribution is 0.0170. The normalized spacial score (nSPS) is 20.0. The van der Waals surface area contributed by atoms with Crippen LogP contribution in [-0.2, 0) is 4.74 Å². The Balaban J connectivity index is 1.53. The SMILES string of the molecule is CC(C)(C)OC(=O)N1CCC(C2c3c(F)cccc3-c3cncn32)CC1. The second-order valence-corrected chi connectivity index (χ2v) is 8.14. The summed E-state index contributed by atoms with van der Waals surface area (Å²) in [6.07, 6.45) is 4.95. The third-order valence-corrected chi connectivity index (χ3v) is 5.23. The summed E-state index contributed by atoms with van der Waals surface area (Å²) in [5.41, 5.74) is 2.18. The lowest BCUT2D eigenvalue weighted by Gasteiger charge is -2.36. The summed E-state index contributed by atoms with van der Waals surface area (Å²) < 4.78 is 22.2. The molecule has 26 heavy (non-hydrogen) atoms. The molecule has 2 aliphatic rings. The smallest absolute Gasteiger partial charge is 0.410 e. The third kappa shape index (κ3) is 2.87. The van der Waals surface area contributed by atoms with Crippen LogP contribution in [0.3, 0.4) is 0 Å². The van der Waals surface area contributed by atoms with Crippen LogP contribution in [0.1, 0.15) is 45.2 Å². The molecular weight excluding hydrogens is 333 g/mol. The number of carbonyl (C=O) groups is 1. The minimum Gasteiger partial charge on any atom is -0.444 e. The quantitative estimate of drug-likeness (QED) is 0.767. The van der Waals surface area contributed by atoms with Crippen LogP contribution < -0.4 is 0 Å². The van der Waals surface area contributed by atoms with Crippen LogP contribution >= 0.6 is 0 Å². The predicted octanol–water partition coefficient (Wildman–Crippen LogP) is 4.24. The first-order chi connectivity index (χ1) is 12.3. The van der Waals surface area contributed by atoms with E-state index in [-0.39, 0.29) is 23.9 Å². The molecule has 0 N–H and O–H groups in total. The van der Waals surface area contributed by atoms with Gasteiger partial charge in [-0.2, -0.15) is 0 Å². The van der Waals surface area contributed by atoms with E-state index in [0.29, 0.717) is 13.1 Å². The van der Waals surface area contributed by atoms with E-state index in [1.54, 1.807) is 23.5 Å². The fourth-order valence-electron chi connectivity index (χ4n) is 4.12. The molecule has 1 fully saturated rings. The number of ether oxygens (including phenoxy) is 1. The molecule has 1 unspecified atom stereocenters. The number of halogens is 1. The largest absolute Gasteiger partial charge is 0.444 e. The van der Waals surface area contributed by atoms with E-state index >= 15 is 0 Å². The molecule has 1 atom stereocenters. The van der Waals surface area contributed by atoms with Crippen molar-refractivity contribution >= 4 is 6.09 Å². The molecule has 2 aliphatic heterocycles.